The van der Waals surface area contributed by atoms with E-state index in [4.69, 9.17) is 9.47 Å². The third-order valence-corrected chi connectivity index (χ3v) is 3.00. The smallest absolute Gasteiger partial charge is 0.330 e. The molecule has 1 saturated carbocycles. The van der Waals surface area contributed by atoms with Crippen LogP contribution in [0.1, 0.15) is 18.4 Å². The van der Waals surface area contributed by atoms with Crippen molar-refractivity contribution in [3.05, 3.63) is 29.8 Å². The summed E-state index contributed by atoms with van der Waals surface area (Å²) in [4.78, 5) is 11.2. The van der Waals surface area contributed by atoms with Gasteiger partial charge in [-0.15, -0.1) is 0 Å². The lowest BCUT2D eigenvalue weighted by molar-refractivity contribution is -0.134. The first-order valence-electron chi connectivity index (χ1n) is 6.30. The summed E-state index contributed by atoms with van der Waals surface area (Å²) in [6.45, 7) is 0.715. The summed E-state index contributed by atoms with van der Waals surface area (Å²) >= 11 is 0. The molecule has 0 aliphatic heterocycles. The highest BCUT2D eigenvalue weighted by molar-refractivity contribution is 5.88. The lowest BCUT2D eigenvalue weighted by atomic mass is 10.1. The number of esters is 1. The Morgan fingerprint density at radius 2 is 2.05 bits per heavy atom. The van der Waals surface area contributed by atoms with Crippen LogP contribution < -0.4 is 9.47 Å². The zero-order chi connectivity index (χ0) is 13.7. The van der Waals surface area contributed by atoms with Gasteiger partial charge in [-0.3, -0.25) is 0 Å². The minimum Gasteiger partial charge on any atom is -0.496 e. The molecular weight excluding hydrogens is 244 g/mol. The quantitative estimate of drug-likeness (QED) is 0.584. The fraction of sp³-hybridized carbons (Fsp3) is 0.400. The van der Waals surface area contributed by atoms with E-state index in [9.17, 15) is 4.79 Å². The topological polar surface area (TPSA) is 44.8 Å². The third-order valence-electron chi connectivity index (χ3n) is 3.00. The molecule has 0 amide bonds. The van der Waals surface area contributed by atoms with Gasteiger partial charge in [0, 0.05) is 6.08 Å². The van der Waals surface area contributed by atoms with E-state index in [1.54, 1.807) is 13.2 Å². The van der Waals surface area contributed by atoms with Gasteiger partial charge in [-0.1, -0.05) is 6.07 Å². The number of carbonyl (C=O) groups is 1. The molecule has 4 heteroatoms. The Bertz CT molecular complexity index is 475. The molecule has 0 radical (unpaired) electrons. The maximum absolute atomic E-state index is 11.2. The Morgan fingerprint density at radius 1 is 1.32 bits per heavy atom. The number of rotatable bonds is 6. The predicted molar refractivity (Wildman–Crippen MR) is 72.3 cm³/mol. The van der Waals surface area contributed by atoms with Crippen molar-refractivity contribution in [2.45, 2.75) is 12.8 Å². The fourth-order valence-corrected chi connectivity index (χ4v) is 1.70. The molecular formula is C15H18O4. The molecule has 0 bridgehead atoms. The van der Waals surface area contributed by atoms with Crippen LogP contribution >= 0.6 is 0 Å². The SMILES string of the molecule is COC(=O)C=Cc1c(OC)cccc1OCC1CC1. The van der Waals surface area contributed by atoms with E-state index in [1.807, 2.05) is 18.2 Å². The molecule has 0 spiro atoms. The fourth-order valence-electron chi connectivity index (χ4n) is 1.70. The molecule has 0 heterocycles. The molecule has 0 unspecified atom stereocenters. The van der Waals surface area contributed by atoms with Crippen LogP contribution in [0.3, 0.4) is 0 Å². The normalized spacial score (nSPS) is 14.4. The second-order valence-corrected chi connectivity index (χ2v) is 4.48. The van der Waals surface area contributed by atoms with Crippen molar-refractivity contribution in [2.75, 3.05) is 20.8 Å². The Kier molecular flexibility index (Phi) is 4.44. The molecule has 0 aromatic heterocycles. The molecule has 1 aromatic carbocycles. The average Bonchev–Trinajstić information content (AvgIpc) is 3.26. The highest BCUT2D eigenvalue weighted by Crippen LogP contribution is 2.33. The maximum atomic E-state index is 11.2. The van der Waals surface area contributed by atoms with Crippen molar-refractivity contribution in [3.63, 3.8) is 0 Å². The van der Waals surface area contributed by atoms with E-state index in [2.05, 4.69) is 4.74 Å². The molecule has 102 valence electrons. The summed E-state index contributed by atoms with van der Waals surface area (Å²) in [5.74, 6) is 1.67. The van der Waals surface area contributed by atoms with E-state index < -0.39 is 5.97 Å². The highest BCUT2D eigenvalue weighted by Gasteiger charge is 2.22. The molecule has 19 heavy (non-hydrogen) atoms. The largest absolute Gasteiger partial charge is 0.496 e. The lowest BCUT2D eigenvalue weighted by Crippen LogP contribution is -2.02. The van der Waals surface area contributed by atoms with Gasteiger partial charge in [0.25, 0.3) is 0 Å². The van der Waals surface area contributed by atoms with Gasteiger partial charge in [-0.05, 0) is 37.0 Å². The molecule has 1 aliphatic carbocycles. The van der Waals surface area contributed by atoms with Gasteiger partial charge >= 0.3 is 5.97 Å². The van der Waals surface area contributed by atoms with Gasteiger partial charge in [0.05, 0.1) is 26.4 Å². The van der Waals surface area contributed by atoms with Crippen molar-refractivity contribution < 1.29 is 19.0 Å². The molecule has 4 nitrogen and oxygen atoms in total. The predicted octanol–water partition coefficient (Wildman–Crippen LogP) is 2.67. The molecule has 0 N–H and O–H groups in total. The van der Waals surface area contributed by atoms with E-state index in [0.29, 0.717) is 18.3 Å². The van der Waals surface area contributed by atoms with Crippen molar-refractivity contribution >= 4 is 12.0 Å². The zero-order valence-corrected chi connectivity index (χ0v) is 11.2. The van der Waals surface area contributed by atoms with E-state index in [-0.39, 0.29) is 0 Å². The van der Waals surface area contributed by atoms with E-state index in [1.165, 1.54) is 26.0 Å². The van der Waals surface area contributed by atoms with E-state index in [0.717, 1.165) is 11.3 Å². The van der Waals surface area contributed by atoms with Gasteiger partial charge in [-0.2, -0.15) is 0 Å². The first-order chi connectivity index (χ1) is 9.24. The molecule has 1 aromatic rings. The number of ether oxygens (including phenoxy) is 3. The van der Waals surface area contributed by atoms with Crippen molar-refractivity contribution in [1.82, 2.24) is 0 Å². The van der Waals surface area contributed by atoms with Gasteiger partial charge in [0.1, 0.15) is 11.5 Å². The number of hydrogen-bond donors (Lipinski definition) is 0. The summed E-state index contributed by atoms with van der Waals surface area (Å²) in [6, 6.07) is 5.58. The van der Waals surface area contributed by atoms with Gasteiger partial charge in [-0.25, -0.2) is 4.79 Å². The molecule has 2 rings (SSSR count). The van der Waals surface area contributed by atoms with Crippen LogP contribution in [0, 0.1) is 5.92 Å². The van der Waals surface area contributed by atoms with Crippen molar-refractivity contribution in [2.24, 2.45) is 5.92 Å². The highest BCUT2D eigenvalue weighted by atomic mass is 16.5. The number of hydrogen-bond acceptors (Lipinski definition) is 4. The minimum absolute atomic E-state index is 0.404. The molecule has 1 fully saturated rings. The standard InChI is InChI=1S/C15H18O4/c1-17-13-4-3-5-14(19-10-11-6-7-11)12(13)8-9-15(16)18-2/h3-5,8-9,11H,6-7,10H2,1-2H3. The number of carbonyl (C=O) groups excluding carboxylic acids is 1. The third kappa shape index (κ3) is 3.74. The maximum Gasteiger partial charge on any atom is 0.330 e. The summed E-state index contributed by atoms with van der Waals surface area (Å²) in [7, 11) is 2.94. The molecule has 0 atom stereocenters. The monoisotopic (exact) mass is 262 g/mol. The van der Waals surface area contributed by atoms with Crippen molar-refractivity contribution in [3.8, 4) is 11.5 Å². The summed E-state index contributed by atoms with van der Waals surface area (Å²) < 4.78 is 15.7. The van der Waals surface area contributed by atoms with Crippen molar-refractivity contribution in [1.29, 1.82) is 0 Å². The van der Waals surface area contributed by atoms with Gasteiger partial charge in [0.15, 0.2) is 0 Å². The van der Waals surface area contributed by atoms with Crippen LogP contribution in [0.5, 0.6) is 11.5 Å². The Morgan fingerprint density at radius 3 is 2.68 bits per heavy atom. The molecule has 0 saturated heterocycles. The first-order valence-corrected chi connectivity index (χ1v) is 6.30. The van der Waals surface area contributed by atoms with Gasteiger partial charge in [0.2, 0.25) is 0 Å². The average molecular weight is 262 g/mol. The van der Waals surface area contributed by atoms with Crippen LogP contribution in [0.2, 0.25) is 0 Å². The number of methoxy groups -OCH3 is 2. The Labute approximate surface area is 113 Å². The zero-order valence-electron chi connectivity index (χ0n) is 11.2. The summed E-state index contributed by atoms with van der Waals surface area (Å²) in [5.41, 5.74) is 0.760. The summed E-state index contributed by atoms with van der Waals surface area (Å²) in [5, 5.41) is 0. The summed E-state index contributed by atoms with van der Waals surface area (Å²) in [6.07, 6.45) is 5.49. The van der Waals surface area contributed by atoms with Crippen LogP contribution in [0.15, 0.2) is 24.3 Å². The van der Waals surface area contributed by atoms with Crippen LogP contribution in [0.4, 0.5) is 0 Å². The number of benzene rings is 1. The second kappa shape index (κ2) is 6.27. The lowest BCUT2D eigenvalue weighted by Gasteiger charge is -2.12. The Hall–Kier alpha value is -1.97. The first kappa shape index (κ1) is 13.5. The van der Waals surface area contributed by atoms with Crippen LogP contribution in [-0.2, 0) is 9.53 Å². The second-order valence-electron chi connectivity index (χ2n) is 4.48. The molecule has 1 aliphatic rings. The van der Waals surface area contributed by atoms with Crippen LogP contribution in [0.25, 0.3) is 6.08 Å². The van der Waals surface area contributed by atoms with E-state index >= 15 is 0 Å². The Balaban J connectivity index is 2.19. The minimum atomic E-state index is -0.404. The van der Waals surface area contributed by atoms with Crippen LogP contribution in [-0.4, -0.2) is 26.8 Å². The van der Waals surface area contributed by atoms with Gasteiger partial charge < -0.3 is 14.2 Å².